The van der Waals surface area contributed by atoms with Gasteiger partial charge in [-0.3, -0.25) is 14.4 Å². The number of hydrogen-bond acceptors (Lipinski definition) is 4. The molecule has 170 valence electrons. The molecule has 3 amide bonds. The van der Waals surface area contributed by atoms with Gasteiger partial charge in [0, 0.05) is 39.3 Å². The highest BCUT2D eigenvalue weighted by atomic mass is 32.1. The summed E-state index contributed by atoms with van der Waals surface area (Å²) in [4.78, 5) is 45.4. The molecule has 2 aromatic rings. The van der Waals surface area contributed by atoms with E-state index >= 15 is 0 Å². The van der Waals surface area contributed by atoms with Crippen LogP contribution in [0.15, 0.2) is 47.8 Å². The Bertz CT molecular complexity index is 950. The van der Waals surface area contributed by atoms with Crippen molar-refractivity contribution in [1.82, 2.24) is 14.7 Å². The van der Waals surface area contributed by atoms with Crippen molar-refractivity contribution >= 4 is 29.1 Å². The highest BCUT2D eigenvalue weighted by Crippen LogP contribution is 2.27. The van der Waals surface area contributed by atoms with Gasteiger partial charge in [-0.05, 0) is 43.7 Å². The maximum atomic E-state index is 13.2. The van der Waals surface area contributed by atoms with Gasteiger partial charge in [-0.2, -0.15) is 0 Å². The van der Waals surface area contributed by atoms with Crippen LogP contribution in [-0.2, 0) is 15.0 Å². The number of rotatable bonds is 4. The Hall–Kier alpha value is -2.67. The average Bonchev–Trinajstić information content (AvgIpc) is 3.38. The Morgan fingerprint density at radius 3 is 2.22 bits per heavy atom. The zero-order chi connectivity index (χ0) is 22.7. The minimum absolute atomic E-state index is 0.0241. The van der Waals surface area contributed by atoms with E-state index < -0.39 is 5.41 Å². The number of benzene rings is 1. The molecule has 0 saturated carbocycles. The molecule has 2 aliphatic rings. The van der Waals surface area contributed by atoms with Crippen LogP contribution in [0, 0.1) is 5.92 Å². The van der Waals surface area contributed by atoms with Crippen LogP contribution in [0.25, 0.3) is 0 Å². The van der Waals surface area contributed by atoms with Crippen LogP contribution in [0.3, 0.4) is 0 Å². The first-order valence-corrected chi connectivity index (χ1v) is 12.2. The van der Waals surface area contributed by atoms with Crippen LogP contribution in [0.5, 0.6) is 0 Å². The van der Waals surface area contributed by atoms with Gasteiger partial charge >= 0.3 is 0 Å². The van der Waals surface area contributed by atoms with Gasteiger partial charge in [0.25, 0.3) is 5.91 Å². The lowest BCUT2D eigenvalue weighted by Gasteiger charge is -2.41. The van der Waals surface area contributed by atoms with Crippen LogP contribution in [-0.4, -0.2) is 71.7 Å². The molecule has 1 aromatic heterocycles. The Morgan fingerprint density at radius 1 is 0.875 bits per heavy atom. The summed E-state index contributed by atoms with van der Waals surface area (Å²) in [6.07, 6.45) is 1.66. The molecule has 1 aromatic carbocycles. The molecule has 0 aliphatic carbocycles. The Morgan fingerprint density at radius 2 is 1.56 bits per heavy atom. The molecule has 32 heavy (non-hydrogen) atoms. The fraction of sp³-hybridized carbons (Fsp3) is 0.480. The molecule has 0 spiro atoms. The van der Waals surface area contributed by atoms with Crippen molar-refractivity contribution < 1.29 is 14.4 Å². The molecule has 2 fully saturated rings. The third kappa shape index (κ3) is 4.58. The molecule has 3 heterocycles. The number of nitrogens with zero attached hydrogens (tertiary/aromatic N) is 3. The van der Waals surface area contributed by atoms with Crippen LogP contribution in [0.4, 0.5) is 0 Å². The summed E-state index contributed by atoms with van der Waals surface area (Å²) in [6, 6.07) is 13.6. The molecular formula is C25H31N3O3S. The van der Waals surface area contributed by atoms with Crippen molar-refractivity contribution in [2.75, 3.05) is 39.3 Å². The quantitative estimate of drug-likeness (QED) is 0.714. The Balaban J connectivity index is 1.33. The van der Waals surface area contributed by atoms with E-state index in [-0.39, 0.29) is 23.6 Å². The Labute approximate surface area is 193 Å². The van der Waals surface area contributed by atoms with E-state index in [2.05, 4.69) is 0 Å². The SMILES string of the molecule is CC(C)(C(=O)N1CCN(C(=O)C2CCCN(C(=O)c3cccs3)C2)CC1)c1ccccc1. The smallest absolute Gasteiger partial charge is 0.263 e. The van der Waals surface area contributed by atoms with Crippen molar-refractivity contribution in [3.8, 4) is 0 Å². The first-order valence-electron chi connectivity index (χ1n) is 11.3. The normalized spacial score (nSPS) is 19.7. The highest BCUT2D eigenvalue weighted by molar-refractivity contribution is 7.12. The standard InChI is InChI=1S/C25H31N3O3S/c1-25(2,20-9-4-3-5-10-20)24(31)27-15-13-26(14-16-27)22(29)19-8-6-12-28(18-19)23(30)21-11-7-17-32-21/h3-5,7,9-11,17,19H,6,8,12-16,18H2,1-2H3. The van der Waals surface area contributed by atoms with Gasteiger partial charge in [0.05, 0.1) is 16.2 Å². The van der Waals surface area contributed by atoms with Gasteiger partial charge in [0.2, 0.25) is 11.8 Å². The number of amides is 3. The van der Waals surface area contributed by atoms with E-state index in [9.17, 15) is 14.4 Å². The highest BCUT2D eigenvalue weighted by Gasteiger charge is 2.37. The summed E-state index contributed by atoms with van der Waals surface area (Å²) in [7, 11) is 0. The number of thiophene rings is 1. The second-order valence-electron chi connectivity index (χ2n) is 9.18. The van der Waals surface area contributed by atoms with Gasteiger partial charge in [-0.25, -0.2) is 0 Å². The number of piperazine rings is 1. The predicted octanol–water partition coefficient (Wildman–Crippen LogP) is 3.25. The third-order valence-corrected chi connectivity index (χ3v) is 7.56. The molecule has 0 N–H and O–H groups in total. The number of likely N-dealkylation sites (tertiary alicyclic amines) is 1. The van der Waals surface area contributed by atoms with E-state index in [1.807, 2.05) is 76.4 Å². The van der Waals surface area contributed by atoms with E-state index in [0.29, 0.717) is 39.3 Å². The molecule has 0 radical (unpaired) electrons. The first-order chi connectivity index (χ1) is 15.4. The molecular weight excluding hydrogens is 422 g/mol. The minimum Gasteiger partial charge on any atom is -0.339 e. The summed E-state index contributed by atoms with van der Waals surface area (Å²) in [5, 5.41) is 1.90. The van der Waals surface area contributed by atoms with E-state index in [0.717, 1.165) is 23.3 Å². The van der Waals surface area contributed by atoms with E-state index in [4.69, 9.17) is 0 Å². The van der Waals surface area contributed by atoms with Crippen LogP contribution < -0.4 is 0 Å². The molecule has 2 aliphatic heterocycles. The largest absolute Gasteiger partial charge is 0.339 e. The summed E-state index contributed by atoms with van der Waals surface area (Å²) in [5.41, 5.74) is 0.403. The summed E-state index contributed by atoms with van der Waals surface area (Å²) < 4.78 is 0. The van der Waals surface area contributed by atoms with Gasteiger partial charge in [-0.15, -0.1) is 11.3 Å². The topological polar surface area (TPSA) is 60.9 Å². The van der Waals surface area contributed by atoms with Gasteiger partial charge in [-0.1, -0.05) is 36.4 Å². The molecule has 7 heteroatoms. The van der Waals surface area contributed by atoms with E-state index in [1.165, 1.54) is 11.3 Å². The number of carbonyl (C=O) groups is 3. The fourth-order valence-electron chi connectivity index (χ4n) is 4.68. The molecule has 4 rings (SSSR count). The van der Waals surface area contributed by atoms with Crippen molar-refractivity contribution in [2.45, 2.75) is 32.1 Å². The molecule has 6 nitrogen and oxygen atoms in total. The van der Waals surface area contributed by atoms with Crippen molar-refractivity contribution in [3.63, 3.8) is 0 Å². The third-order valence-electron chi connectivity index (χ3n) is 6.70. The monoisotopic (exact) mass is 453 g/mol. The van der Waals surface area contributed by atoms with Gasteiger partial charge in [0.1, 0.15) is 0 Å². The minimum atomic E-state index is -0.598. The Kier molecular flexibility index (Phi) is 6.65. The number of piperidine rings is 1. The van der Waals surface area contributed by atoms with Gasteiger partial charge < -0.3 is 14.7 Å². The zero-order valence-electron chi connectivity index (χ0n) is 18.8. The van der Waals surface area contributed by atoms with Gasteiger partial charge in [0.15, 0.2) is 0 Å². The van der Waals surface area contributed by atoms with Crippen LogP contribution in [0.2, 0.25) is 0 Å². The molecule has 0 bridgehead atoms. The zero-order valence-corrected chi connectivity index (χ0v) is 19.6. The maximum Gasteiger partial charge on any atom is 0.263 e. The molecule has 2 saturated heterocycles. The number of carbonyl (C=O) groups excluding carboxylic acids is 3. The fourth-order valence-corrected chi connectivity index (χ4v) is 5.37. The lowest BCUT2D eigenvalue weighted by atomic mass is 9.83. The lowest BCUT2D eigenvalue weighted by Crippen LogP contribution is -2.56. The maximum absolute atomic E-state index is 13.2. The summed E-state index contributed by atoms with van der Waals surface area (Å²) in [6.45, 7) is 7.30. The van der Waals surface area contributed by atoms with Crippen molar-refractivity contribution in [3.05, 3.63) is 58.3 Å². The first kappa shape index (κ1) is 22.5. The summed E-state index contributed by atoms with van der Waals surface area (Å²) >= 11 is 1.44. The van der Waals surface area contributed by atoms with Crippen LogP contribution in [0.1, 0.15) is 41.9 Å². The van der Waals surface area contributed by atoms with Crippen LogP contribution >= 0.6 is 11.3 Å². The van der Waals surface area contributed by atoms with E-state index in [1.54, 1.807) is 0 Å². The number of hydrogen-bond donors (Lipinski definition) is 0. The lowest BCUT2D eigenvalue weighted by molar-refractivity contribution is -0.145. The second-order valence-corrected chi connectivity index (χ2v) is 10.1. The average molecular weight is 454 g/mol. The molecule has 1 atom stereocenters. The molecule has 1 unspecified atom stereocenters. The predicted molar refractivity (Wildman–Crippen MR) is 126 cm³/mol. The second kappa shape index (κ2) is 9.45. The van der Waals surface area contributed by atoms with Crippen molar-refractivity contribution in [2.24, 2.45) is 5.92 Å². The van der Waals surface area contributed by atoms with Crippen molar-refractivity contribution in [1.29, 1.82) is 0 Å². The summed E-state index contributed by atoms with van der Waals surface area (Å²) in [5.74, 6) is 0.0796.